The highest BCUT2D eigenvalue weighted by molar-refractivity contribution is 5.96. The van der Waals surface area contributed by atoms with Crippen molar-refractivity contribution in [1.29, 1.82) is 0 Å². The minimum absolute atomic E-state index is 0.0217. The molecule has 0 aliphatic heterocycles. The summed E-state index contributed by atoms with van der Waals surface area (Å²) >= 11 is 0. The molecule has 0 aliphatic rings. The largest absolute Gasteiger partial charge is 0.490 e. The number of ether oxygens (including phenoxy) is 3. The van der Waals surface area contributed by atoms with Crippen molar-refractivity contribution in [3.63, 3.8) is 0 Å². The summed E-state index contributed by atoms with van der Waals surface area (Å²) in [6.07, 6.45) is -0.981. The van der Waals surface area contributed by atoms with Crippen LogP contribution in [0.4, 0.5) is 10.2 Å². The summed E-state index contributed by atoms with van der Waals surface area (Å²) in [7, 11) is 0. The number of rotatable bonds is 9. The van der Waals surface area contributed by atoms with Gasteiger partial charge in [-0.25, -0.2) is 9.02 Å². The van der Waals surface area contributed by atoms with Crippen LogP contribution >= 0.6 is 0 Å². The van der Waals surface area contributed by atoms with Crippen LogP contribution in [0.3, 0.4) is 0 Å². The summed E-state index contributed by atoms with van der Waals surface area (Å²) in [4.78, 5) is 12.5. The van der Waals surface area contributed by atoms with E-state index in [9.17, 15) is 9.18 Å². The van der Waals surface area contributed by atoms with Crippen molar-refractivity contribution in [3.05, 3.63) is 48.3 Å². The van der Waals surface area contributed by atoms with Gasteiger partial charge in [0.25, 0.3) is 5.91 Å². The number of carbonyl (C=O) groups is 1. The van der Waals surface area contributed by atoms with E-state index >= 15 is 0 Å². The molecule has 0 spiro atoms. The first-order chi connectivity index (χ1) is 14.5. The smallest absolute Gasteiger partial charge is 0.266 e. The molecule has 1 aromatic heterocycles. The molecule has 1 N–H and O–H groups in total. The van der Waals surface area contributed by atoms with Gasteiger partial charge in [0, 0.05) is 5.56 Å². The van der Waals surface area contributed by atoms with Crippen molar-refractivity contribution in [2.45, 2.75) is 26.9 Å². The first-order valence-corrected chi connectivity index (χ1v) is 9.48. The third kappa shape index (κ3) is 4.86. The van der Waals surface area contributed by atoms with Gasteiger partial charge in [0.15, 0.2) is 34.9 Å². The Labute approximate surface area is 172 Å². The number of benzene rings is 2. The Bertz CT molecular complexity index is 1010. The molecule has 30 heavy (non-hydrogen) atoms. The summed E-state index contributed by atoms with van der Waals surface area (Å²) in [6.45, 7) is 6.19. The fourth-order valence-electron chi connectivity index (χ4n) is 2.66. The predicted molar refractivity (Wildman–Crippen MR) is 107 cm³/mol. The molecule has 0 saturated heterocycles. The highest BCUT2D eigenvalue weighted by atomic mass is 19.1. The normalized spacial score (nSPS) is 11.6. The number of anilines is 1. The molecule has 3 aromatic rings. The number of hydrogen-bond donors (Lipinski definition) is 1. The maximum Gasteiger partial charge on any atom is 0.266 e. The molecule has 8 nitrogen and oxygen atoms in total. The first-order valence-electron chi connectivity index (χ1n) is 9.48. The Morgan fingerprint density at radius 2 is 1.80 bits per heavy atom. The molecule has 158 valence electrons. The standard InChI is InChI=1S/C21H22FN3O5/c1-4-27-17-11-10-14(12-18(17)28-5-2)19-20(25-30-24-19)23-21(26)13(3)29-16-9-7-6-8-15(16)22/h6-13H,4-5H2,1-3H3,(H,23,25,26)/t13-/m1/s1. The van der Waals surface area contributed by atoms with Gasteiger partial charge in [0.05, 0.1) is 13.2 Å². The highest BCUT2D eigenvalue weighted by Gasteiger charge is 2.22. The highest BCUT2D eigenvalue weighted by Crippen LogP contribution is 2.34. The average Bonchev–Trinajstić information content (AvgIpc) is 3.19. The van der Waals surface area contributed by atoms with Gasteiger partial charge in [0.2, 0.25) is 5.82 Å². The van der Waals surface area contributed by atoms with Crippen LogP contribution in [0.1, 0.15) is 20.8 Å². The molecule has 3 rings (SSSR count). The van der Waals surface area contributed by atoms with Crippen LogP contribution in [0.15, 0.2) is 47.1 Å². The fourth-order valence-corrected chi connectivity index (χ4v) is 2.66. The number of hydrogen-bond acceptors (Lipinski definition) is 7. The molecule has 0 radical (unpaired) electrons. The maximum atomic E-state index is 13.7. The molecule has 1 atom stereocenters. The topological polar surface area (TPSA) is 95.7 Å². The van der Waals surface area contributed by atoms with Gasteiger partial charge in [-0.2, -0.15) is 0 Å². The van der Waals surface area contributed by atoms with E-state index in [0.717, 1.165) is 0 Å². The Kier molecular flexibility index (Phi) is 6.84. The van der Waals surface area contributed by atoms with Crippen molar-refractivity contribution in [3.8, 4) is 28.5 Å². The number of halogens is 1. The summed E-state index contributed by atoms with van der Waals surface area (Å²) in [5.74, 6) is 0.123. The Morgan fingerprint density at radius 3 is 2.53 bits per heavy atom. The van der Waals surface area contributed by atoms with E-state index < -0.39 is 17.8 Å². The second-order valence-corrected chi connectivity index (χ2v) is 6.17. The van der Waals surface area contributed by atoms with E-state index in [-0.39, 0.29) is 11.6 Å². The van der Waals surface area contributed by atoms with Crippen LogP contribution in [0.2, 0.25) is 0 Å². The van der Waals surface area contributed by atoms with Crippen molar-refractivity contribution < 1.29 is 28.0 Å². The molecule has 0 bridgehead atoms. The molecule has 2 aromatic carbocycles. The molecule has 0 fully saturated rings. The van der Waals surface area contributed by atoms with Gasteiger partial charge in [-0.1, -0.05) is 12.1 Å². The van der Waals surface area contributed by atoms with Gasteiger partial charge in [0.1, 0.15) is 0 Å². The first kappa shape index (κ1) is 21.1. The summed E-state index contributed by atoms with van der Waals surface area (Å²) in [5, 5.41) is 10.2. The Morgan fingerprint density at radius 1 is 1.07 bits per heavy atom. The number of carbonyl (C=O) groups excluding carboxylic acids is 1. The fraction of sp³-hybridized carbons (Fsp3) is 0.286. The van der Waals surface area contributed by atoms with E-state index in [2.05, 4.69) is 15.6 Å². The van der Waals surface area contributed by atoms with E-state index in [1.165, 1.54) is 25.1 Å². The van der Waals surface area contributed by atoms with Gasteiger partial charge < -0.3 is 19.5 Å². The third-order valence-corrected chi connectivity index (χ3v) is 4.06. The number of nitrogens with zero attached hydrogens (tertiary/aromatic N) is 2. The van der Waals surface area contributed by atoms with Crippen LogP contribution in [0.5, 0.6) is 17.2 Å². The molecule has 0 saturated carbocycles. The van der Waals surface area contributed by atoms with Gasteiger partial charge in [-0.05, 0) is 61.4 Å². The summed E-state index contributed by atoms with van der Waals surface area (Å²) < 4.78 is 35.1. The van der Waals surface area contributed by atoms with E-state index in [4.69, 9.17) is 18.8 Å². The van der Waals surface area contributed by atoms with Crippen LogP contribution in [-0.2, 0) is 4.79 Å². The Hall–Kier alpha value is -3.62. The lowest BCUT2D eigenvalue weighted by Gasteiger charge is -2.14. The monoisotopic (exact) mass is 415 g/mol. The second-order valence-electron chi connectivity index (χ2n) is 6.17. The molecular weight excluding hydrogens is 393 g/mol. The van der Waals surface area contributed by atoms with Crippen molar-refractivity contribution in [1.82, 2.24) is 10.3 Å². The maximum absolute atomic E-state index is 13.7. The number of para-hydroxylation sites is 1. The molecule has 1 amide bonds. The predicted octanol–water partition coefficient (Wildman–Crippen LogP) is 4.08. The van der Waals surface area contributed by atoms with Crippen molar-refractivity contribution in [2.75, 3.05) is 18.5 Å². The van der Waals surface area contributed by atoms with Gasteiger partial charge >= 0.3 is 0 Å². The molecule has 0 unspecified atom stereocenters. The zero-order chi connectivity index (χ0) is 21.5. The van der Waals surface area contributed by atoms with Crippen molar-refractivity contribution >= 4 is 11.7 Å². The lowest BCUT2D eigenvalue weighted by Crippen LogP contribution is -2.30. The van der Waals surface area contributed by atoms with Crippen LogP contribution in [-0.4, -0.2) is 35.5 Å². The molecule has 9 heteroatoms. The lowest BCUT2D eigenvalue weighted by molar-refractivity contribution is -0.122. The third-order valence-electron chi connectivity index (χ3n) is 4.06. The SMILES string of the molecule is CCOc1ccc(-c2nonc2NC(=O)[C@@H](C)Oc2ccccc2F)cc1OCC. The van der Waals surface area contributed by atoms with Crippen molar-refractivity contribution in [2.24, 2.45) is 0 Å². The zero-order valence-electron chi connectivity index (χ0n) is 16.8. The molecule has 0 aliphatic carbocycles. The lowest BCUT2D eigenvalue weighted by atomic mass is 10.1. The number of nitrogens with one attached hydrogen (secondary N) is 1. The molecule has 1 heterocycles. The van der Waals surface area contributed by atoms with Gasteiger partial charge in [-0.15, -0.1) is 0 Å². The van der Waals surface area contributed by atoms with E-state index in [1.807, 2.05) is 13.8 Å². The summed E-state index contributed by atoms with van der Waals surface area (Å²) in [5.41, 5.74) is 0.923. The zero-order valence-corrected chi connectivity index (χ0v) is 16.8. The number of aromatic nitrogens is 2. The minimum Gasteiger partial charge on any atom is -0.490 e. The van der Waals surface area contributed by atoms with E-state index in [0.29, 0.717) is 36.0 Å². The number of amides is 1. The quantitative estimate of drug-likeness (QED) is 0.563. The summed E-state index contributed by atoms with van der Waals surface area (Å²) in [6, 6.07) is 11.1. The van der Waals surface area contributed by atoms with Crippen LogP contribution in [0.25, 0.3) is 11.3 Å². The minimum atomic E-state index is -0.981. The van der Waals surface area contributed by atoms with Gasteiger partial charge in [-0.3, -0.25) is 4.79 Å². The van der Waals surface area contributed by atoms with Crippen LogP contribution < -0.4 is 19.5 Å². The second kappa shape index (κ2) is 9.73. The molecular formula is C21H22FN3O5. The average molecular weight is 415 g/mol. The Balaban J connectivity index is 1.77. The van der Waals surface area contributed by atoms with E-state index in [1.54, 1.807) is 24.3 Å². The van der Waals surface area contributed by atoms with Crippen LogP contribution in [0, 0.1) is 5.82 Å².